The summed E-state index contributed by atoms with van der Waals surface area (Å²) in [7, 11) is 0. The van der Waals surface area contributed by atoms with E-state index in [-0.39, 0.29) is 17.7 Å². The molecule has 134 valence electrons. The molecule has 2 aromatic carbocycles. The lowest BCUT2D eigenvalue weighted by Crippen LogP contribution is -2.40. The molecule has 0 bridgehead atoms. The van der Waals surface area contributed by atoms with E-state index in [9.17, 15) is 4.79 Å². The summed E-state index contributed by atoms with van der Waals surface area (Å²) in [6.07, 6.45) is 1.77. The van der Waals surface area contributed by atoms with Crippen molar-refractivity contribution in [1.82, 2.24) is 15.0 Å². The van der Waals surface area contributed by atoms with Gasteiger partial charge in [0.2, 0.25) is 11.8 Å². The molecule has 0 aliphatic carbocycles. The molecule has 4 rings (SSSR count). The average Bonchev–Trinajstić information content (AvgIpc) is 3.13. The van der Waals surface area contributed by atoms with E-state index in [2.05, 4.69) is 40.5 Å². The molecule has 1 aromatic heterocycles. The van der Waals surface area contributed by atoms with Crippen LogP contribution in [0.15, 0.2) is 47.0 Å². The lowest BCUT2D eigenvalue weighted by molar-refractivity contribution is -0.133. The van der Waals surface area contributed by atoms with Gasteiger partial charge >= 0.3 is 0 Å². The van der Waals surface area contributed by atoms with E-state index < -0.39 is 0 Å². The highest BCUT2D eigenvalue weighted by molar-refractivity contribution is 5.87. The Labute approximate surface area is 153 Å². The SMILES string of the molecule is Cc1nc(C2CCN(C(=O)[C@@H](C)c3ccc4ccccc4c3)CC2)no1. The Balaban J connectivity index is 1.43. The van der Waals surface area contributed by atoms with Gasteiger partial charge in [-0.15, -0.1) is 0 Å². The molecule has 0 saturated carbocycles. The molecule has 2 heterocycles. The van der Waals surface area contributed by atoms with E-state index in [1.807, 2.05) is 24.0 Å². The van der Waals surface area contributed by atoms with Gasteiger partial charge in [0, 0.05) is 25.9 Å². The number of benzene rings is 2. The molecule has 1 amide bonds. The second-order valence-electron chi connectivity index (χ2n) is 7.10. The molecule has 5 nitrogen and oxygen atoms in total. The van der Waals surface area contributed by atoms with Crippen LogP contribution in [0.2, 0.25) is 0 Å². The zero-order chi connectivity index (χ0) is 18.1. The van der Waals surface area contributed by atoms with E-state index in [4.69, 9.17) is 4.52 Å². The first-order valence-electron chi connectivity index (χ1n) is 9.19. The second-order valence-corrected chi connectivity index (χ2v) is 7.10. The van der Waals surface area contributed by atoms with Crippen LogP contribution < -0.4 is 0 Å². The van der Waals surface area contributed by atoms with Crippen molar-refractivity contribution in [2.24, 2.45) is 0 Å². The monoisotopic (exact) mass is 349 g/mol. The minimum Gasteiger partial charge on any atom is -0.342 e. The number of aryl methyl sites for hydroxylation is 1. The first kappa shape index (κ1) is 16.8. The molecule has 0 N–H and O–H groups in total. The summed E-state index contributed by atoms with van der Waals surface area (Å²) in [6, 6.07) is 14.5. The number of fused-ring (bicyclic) bond motifs is 1. The molecule has 1 aliphatic heterocycles. The summed E-state index contributed by atoms with van der Waals surface area (Å²) in [5.41, 5.74) is 1.07. The highest BCUT2D eigenvalue weighted by Crippen LogP contribution is 2.29. The van der Waals surface area contributed by atoms with Crippen molar-refractivity contribution >= 4 is 16.7 Å². The third-order valence-electron chi connectivity index (χ3n) is 5.36. The molecule has 1 fully saturated rings. The smallest absolute Gasteiger partial charge is 0.229 e. The summed E-state index contributed by atoms with van der Waals surface area (Å²) in [5.74, 6) is 1.72. The molecule has 0 spiro atoms. The van der Waals surface area contributed by atoms with Crippen molar-refractivity contribution in [3.63, 3.8) is 0 Å². The fourth-order valence-corrected chi connectivity index (χ4v) is 3.73. The Morgan fingerprint density at radius 2 is 1.88 bits per heavy atom. The van der Waals surface area contributed by atoms with Gasteiger partial charge in [-0.25, -0.2) is 0 Å². The molecule has 1 saturated heterocycles. The normalized spacial score (nSPS) is 16.8. The zero-order valence-corrected chi connectivity index (χ0v) is 15.2. The van der Waals surface area contributed by atoms with E-state index in [1.54, 1.807) is 6.92 Å². The van der Waals surface area contributed by atoms with E-state index >= 15 is 0 Å². The lowest BCUT2D eigenvalue weighted by Gasteiger charge is -2.32. The van der Waals surface area contributed by atoms with Gasteiger partial charge in [-0.3, -0.25) is 4.79 Å². The van der Waals surface area contributed by atoms with Gasteiger partial charge < -0.3 is 9.42 Å². The zero-order valence-electron chi connectivity index (χ0n) is 15.2. The van der Waals surface area contributed by atoms with Crippen molar-refractivity contribution in [2.45, 2.75) is 38.5 Å². The molecule has 5 heteroatoms. The summed E-state index contributed by atoms with van der Waals surface area (Å²) in [6.45, 7) is 5.30. The Hall–Kier alpha value is -2.69. The highest BCUT2D eigenvalue weighted by atomic mass is 16.5. The average molecular weight is 349 g/mol. The third kappa shape index (κ3) is 3.21. The quantitative estimate of drug-likeness (QED) is 0.716. The summed E-state index contributed by atoms with van der Waals surface area (Å²) in [4.78, 5) is 19.3. The van der Waals surface area contributed by atoms with Crippen LogP contribution in [0.3, 0.4) is 0 Å². The Bertz CT molecular complexity index is 926. The summed E-state index contributed by atoms with van der Waals surface area (Å²) >= 11 is 0. The third-order valence-corrected chi connectivity index (χ3v) is 5.36. The van der Waals surface area contributed by atoms with Crippen LogP contribution in [0.25, 0.3) is 10.8 Å². The van der Waals surface area contributed by atoms with Gasteiger partial charge in [-0.1, -0.05) is 47.6 Å². The summed E-state index contributed by atoms with van der Waals surface area (Å²) < 4.78 is 5.08. The van der Waals surface area contributed by atoms with Crippen molar-refractivity contribution < 1.29 is 9.32 Å². The van der Waals surface area contributed by atoms with E-state index in [0.717, 1.165) is 37.3 Å². The van der Waals surface area contributed by atoms with Crippen LogP contribution in [0.1, 0.15) is 48.9 Å². The molecular formula is C21H23N3O2. The summed E-state index contributed by atoms with van der Waals surface area (Å²) in [5, 5.41) is 6.41. The fourth-order valence-electron chi connectivity index (χ4n) is 3.73. The van der Waals surface area contributed by atoms with Crippen LogP contribution in [0.5, 0.6) is 0 Å². The Morgan fingerprint density at radius 3 is 2.58 bits per heavy atom. The Kier molecular flexibility index (Phi) is 4.45. The number of aromatic nitrogens is 2. The predicted octanol–water partition coefficient (Wildman–Crippen LogP) is 4.04. The number of amides is 1. The molecule has 3 aromatic rings. The number of carbonyl (C=O) groups excluding carboxylic acids is 1. The lowest BCUT2D eigenvalue weighted by atomic mass is 9.93. The predicted molar refractivity (Wildman–Crippen MR) is 100.0 cm³/mol. The van der Waals surface area contributed by atoms with Crippen molar-refractivity contribution in [2.75, 3.05) is 13.1 Å². The van der Waals surface area contributed by atoms with Gasteiger partial charge in [0.05, 0.1) is 5.92 Å². The minimum atomic E-state index is -0.136. The van der Waals surface area contributed by atoms with Gasteiger partial charge in [0.1, 0.15) is 0 Å². The number of hydrogen-bond acceptors (Lipinski definition) is 4. The number of piperidine rings is 1. The number of rotatable bonds is 3. The van der Waals surface area contributed by atoms with Gasteiger partial charge in [0.25, 0.3) is 0 Å². The largest absolute Gasteiger partial charge is 0.342 e. The molecule has 1 aliphatic rings. The Morgan fingerprint density at radius 1 is 1.15 bits per heavy atom. The molecule has 0 unspecified atom stereocenters. The van der Waals surface area contributed by atoms with Gasteiger partial charge in [-0.2, -0.15) is 4.98 Å². The maximum atomic E-state index is 13.0. The van der Waals surface area contributed by atoms with Crippen molar-refractivity contribution in [3.8, 4) is 0 Å². The number of hydrogen-bond donors (Lipinski definition) is 0. The molecule has 26 heavy (non-hydrogen) atoms. The number of nitrogens with zero attached hydrogens (tertiary/aromatic N) is 3. The first-order valence-corrected chi connectivity index (χ1v) is 9.19. The van der Waals surface area contributed by atoms with Gasteiger partial charge in [-0.05, 0) is 36.1 Å². The first-order chi connectivity index (χ1) is 12.6. The molecular weight excluding hydrogens is 326 g/mol. The topological polar surface area (TPSA) is 59.2 Å². The van der Waals surface area contributed by atoms with Crippen molar-refractivity contribution in [1.29, 1.82) is 0 Å². The van der Waals surface area contributed by atoms with E-state index in [1.165, 1.54) is 10.8 Å². The van der Waals surface area contributed by atoms with Crippen LogP contribution in [-0.4, -0.2) is 34.0 Å². The maximum Gasteiger partial charge on any atom is 0.229 e. The van der Waals surface area contributed by atoms with Crippen molar-refractivity contribution in [3.05, 3.63) is 59.7 Å². The van der Waals surface area contributed by atoms with Crippen LogP contribution in [0, 0.1) is 6.92 Å². The fraction of sp³-hybridized carbons (Fsp3) is 0.381. The highest BCUT2D eigenvalue weighted by Gasteiger charge is 2.29. The molecule has 1 atom stereocenters. The van der Waals surface area contributed by atoms with Crippen LogP contribution >= 0.6 is 0 Å². The van der Waals surface area contributed by atoms with Crippen LogP contribution in [0.4, 0.5) is 0 Å². The second kappa shape index (κ2) is 6.90. The molecule has 0 radical (unpaired) electrons. The number of carbonyl (C=O) groups is 1. The van der Waals surface area contributed by atoms with Gasteiger partial charge in [0.15, 0.2) is 5.82 Å². The van der Waals surface area contributed by atoms with Crippen LogP contribution in [-0.2, 0) is 4.79 Å². The number of likely N-dealkylation sites (tertiary alicyclic amines) is 1. The maximum absolute atomic E-state index is 13.0. The van der Waals surface area contributed by atoms with E-state index in [0.29, 0.717) is 5.89 Å². The minimum absolute atomic E-state index is 0.136. The standard InChI is InChI=1S/C21H23N3O2/c1-14(18-8-7-16-5-3-4-6-19(16)13-18)21(25)24-11-9-17(10-12-24)20-22-15(2)26-23-20/h3-8,13-14,17H,9-12H2,1-2H3/t14-/m0/s1.